The molecule has 0 saturated carbocycles. The topological polar surface area (TPSA) is 29.1 Å². The SMILES string of the molecule is CC(C)(C)NC(=O)Cc1ccc(Br)s1. The number of halogens is 1. The summed E-state index contributed by atoms with van der Waals surface area (Å²) in [5.41, 5.74) is -0.147. The zero-order valence-electron chi connectivity index (χ0n) is 8.56. The summed E-state index contributed by atoms with van der Waals surface area (Å²) in [6.45, 7) is 5.94. The number of carbonyl (C=O) groups is 1. The Morgan fingerprint density at radius 3 is 2.57 bits per heavy atom. The molecule has 0 fully saturated rings. The van der Waals surface area contributed by atoms with Gasteiger partial charge >= 0.3 is 0 Å². The van der Waals surface area contributed by atoms with E-state index in [2.05, 4.69) is 21.2 Å². The normalized spacial score (nSPS) is 11.4. The van der Waals surface area contributed by atoms with Gasteiger partial charge in [-0.25, -0.2) is 0 Å². The maximum atomic E-state index is 11.5. The fraction of sp³-hybridized carbons (Fsp3) is 0.500. The van der Waals surface area contributed by atoms with Gasteiger partial charge < -0.3 is 5.32 Å². The van der Waals surface area contributed by atoms with Gasteiger partial charge in [0, 0.05) is 10.4 Å². The maximum absolute atomic E-state index is 11.5. The zero-order chi connectivity index (χ0) is 10.8. The van der Waals surface area contributed by atoms with E-state index in [1.807, 2.05) is 32.9 Å². The monoisotopic (exact) mass is 275 g/mol. The van der Waals surface area contributed by atoms with Crippen LogP contribution >= 0.6 is 27.3 Å². The van der Waals surface area contributed by atoms with Crippen LogP contribution in [0.3, 0.4) is 0 Å². The van der Waals surface area contributed by atoms with Crippen molar-refractivity contribution in [2.45, 2.75) is 32.7 Å². The van der Waals surface area contributed by atoms with Crippen LogP contribution in [-0.4, -0.2) is 11.4 Å². The van der Waals surface area contributed by atoms with E-state index in [1.54, 1.807) is 11.3 Å². The first-order valence-electron chi connectivity index (χ1n) is 4.42. The molecule has 78 valence electrons. The van der Waals surface area contributed by atoms with Crippen LogP contribution in [0.1, 0.15) is 25.6 Å². The first kappa shape index (κ1) is 11.7. The van der Waals surface area contributed by atoms with E-state index in [1.165, 1.54) is 0 Å². The molecule has 0 aromatic carbocycles. The van der Waals surface area contributed by atoms with Gasteiger partial charge in [-0.05, 0) is 48.8 Å². The molecular weight excluding hydrogens is 262 g/mol. The molecule has 0 radical (unpaired) electrons. The molecule has 1 heterocycles. The lowest BCUT2D eigenvalue weighted by molar-refractivity contribution is -0.121. The van der Waals surface area contributed by atoms with E-state index in [0.29, 0.717) is 6.42 Å². The Morgan fingerprint density at radius 2 is 2.14 bits per heavy atom. The van der Waals surface area contributed by atoms with Gasteiger partial charge in [0.15, 0.2) is 0 Å². The lowest BCUT2D eigenvalue weighted by Crippen LogP contribution is -2.41. The van der Waals surface area contributed by atoms with Gasteiger partial charge in [0.1, 0.15) is 0 Å². The Bertz CT molecular complexity index is 327. The fourth-order valence-corrected chi connectivity index (χ4v) is 2.55. The predicted molar refractivity (Wildman–Crippen MR) is 63.6 cm³/mol. The third-order valence-corrected chi connectivity index (χ3v) is 3.10. The number of carbonyl (C=O) groups excluding carboxylic acids is 1. The second kappa shape index (κ2) is 4.45. The summed E-state index contributed by atoms with van der Waals surface area (Å²) < 4.78 is 1.07. The Hall–Kier alpha value is -0.350. The van der Waals surface area contributed by atoms with E-state index in [9.17, 15) is 4.79 Å². The van der Waals surface area contributed by atoms with E-state index in [4.69, 9.17) is 0 Å². The molecule has 1 aromatic rings. The molecule has 1 aromatic heterocycles. The third kappa shape index (κ3) is 4.24. The molecule has 0 unspecified atom stereocenters. The van der Waals surface area contributed by atoms with Crippen molar-refractivity contribution < 1.29 is 4.79 Å². The molecular formula is C10H14BrNOS. The molecule has 0 atom stereocenters. The van der Waals surface area contributed by atoms with Gasteiger partial charge in [-0.1, -0.05) is 0 Å². The van der Waals surface area contributed by atoms with Crippen LogP contribution < -0.4 is 5.32 Å². The summed E-state index contributed by atoms with van der Waals surface area (Å²) in [5, 5.41) is 2.93. The number of nitrogens with one attached hydrogen (secondary N) is 1. The summed E-state index contributed by atoms with van der Waals surface area (Å²) in [4.78, 5) is 12.6. The first-order chi connectivity index (χ1) is 6.37. The first-order valence-corrected chi connectivity index (χ1v) is 6.03. The minimum absolute atomic E-state index is 0.0758. The van der Waals surface area contributed by atoms with Crippen molar-refractivity contribution >= 4 is 33.2 Å². The minimum atomic E-state index is -0.147. The fourth-order valence-electron chi connectivity index (χ4n) is 1.07. The average Bonchev–Trinajstić information content (AvgIpc) is 2.30. The molecule has 2 nitrogen and oxygen atoms in total. The number of hydrogen-bond donors (Lipinski definition) is 1. The molecule has 4 heteroatoms. The Balaban J connectivity index is 2.50. The minimum Gasteiger partial charge on any atom is -0.351 e. The number of amides is 1. The van der Waals surface area contributed by atoms with Gasteiger partial charge in [-0.3, -0.25) is 4.79 Å². The van der Waals surface area contributed by atoms with E-state index >= 15 is 0 Å². The Kier molecular flexibility index (Phi) is 3.72. The van der Waals surface area contributed by atoms with Gasteiger partial charge in [-0.15, -0.1) is 11.3 Å². The summed E-state index contributed by atoms with van der Waals surface area (Å²) in [7, 11) is 0. The van der Waals surface area contributed by atoms with Crippen LogP contribution in [0.15, 0.2) is 15.9 Å². The highest BCUT2D eigenvalue weighted by atomic mass is 79.9. The van der Waals surface area contributed by atoms with Gasteiger partial charge in [0.25, 0.3) is 0 Å². The second-order valence-corrected chi connectivity index (χ2v) is 6.73. The van der Waals surface area contributed by atoms with Crippen LogP contribution in [0.2, 0.25) is 0 Å². The van der Waals surface area contributed by atoms with Crippen molar-refractivity contribution in [2.75, 3.05) is 0 Å². The van der Waals surface area contributed by atoms with Crippen LogP contribution in [-0.2, 0) is 11.2 Å². The van der Waals surface area contributed by atoms with E-state index in [-0.39, 0.29) is 11.4 Å². The molecule has 0 aliphatic carbocycles. The van der Waals surface area contributed by atoms with E-state index < -0.39 is 0 Å². The Morgan fingerprint density at radius 1 is 1.50 bits per heavy atom. The predicted octanol–water partition coefficient (Wildman–Crippen LogP) is 2.97. The molecule has 1 rings (SSSR count). The maximum Gasteiger partial charge on any atom is 0.225 e. The largest absolute Gasteiger partial charge is 0.351 e. The third-order valence-electron chi connectivity index (χ3n) is 1.48. The quantitative estimate of drug-likeness (QED) is 0.884. The molecule has 1 N–H and O–H groups in total. The summed E-state index contributed by atoms with van der Waals surface area (Å²) in [5.74, 6) is 0.0758. The van der Waals surface area contributed by atoms with Crippen molar-refractivity contribution in [3.05, 3.63) is 20.8 Å². The highest BCUT2D eigenvalue weighted by Crippen LogP contribution is 2.22. The summed E-state index contributed by atoms with van der Waals surface area (Å²) in [6, 6.07) is 3.93. The van der Waals surface area contributed by atoms with Crippen LogP contribution in [0.4, 0.5) is 0 Å². The standard InChI is InChI=1S/C10H14BrNOS/c1-10(2,3)12-9(13)6-7-4-5-8(11)14-7/h4-5H,6H2,1-3H3,(H,12,13). The summed E-state index contributed by atoms with van der Waals surface area (Å²) >= 11 is 4.97. The second-order valence-electron chi connectivity index (χ2n) is 4.18. The lowest BCUT2D eigenvalue weighted by atomic mass is 10.1. The summed E-state index contributed by atoms with van der Waals surface area (Å²) in [6.07, 6.45) is 0.466. The highest BCUT2D eigenvalue weighted by molar-refractivity contribution is 9.11. The molecule has 1 amide bonds. The smallest absolute Gasteiger partial charge is 0.225 e. The Labute approximate surface area is 96.8 Å². The van der Waals surface area contributed by atoms with E-state index in [0.717, 1.165) is 8.66 Å². The van der Waals surface area contributed by atoms with Gasteiger partial charge in [0.05, 0.1) is 10.2 Å². The molecule has 0 aliphatic rings. The number of rotatable bonds is 2. The van der Waals surface area contributed by atoms with Crippen molar-refractivity contribution in [1.82, 2.24) is 5.32 Å². The van der Waals surface area contributed by atoms with Crippen molar-refractivity contribution in [3.8, 4) is 0 Å². The molecule has 0 saturated heterocycles. The van der Waals surface area contributed by atoms with Crippen molar-refractivity contribution in [2.24, 2.45) is 0 Å². The van der Waals surface area contributed by atoms with Gasteiger partial charge in [0.2, 0.25) is 5.91 Å². The number of hydrogen-bond acceptors (Lipinski definition) is 2. The van der Waals surface area contributed by atoms with Gasteiger partial charge in [-0.2, -0.15) is 0 Å². The molecule has 14 heavy (non-hydrogen) atoms. The zero-order valence-corrected chi connectivity index (χ0v) is 11.0. The molecule has 0 aliphatic heterocycles. The molecule has 0 bridgehead atoms. The molecule has 0 spiro atoms. The average molecular weight is 276 g/mol. The van der Waals surface area contributed by atoms with Crippen molar-refractivity contribution in [1.29, 1.82) is 0 Å². The van der Waals surface area contributed by atoms with Crippen LogP contribution in [0.25, 0.3) is 0 Å². The van der Waals surface area contributed by atoms with Crippen molar-refractivity contribution in [3.63, 3.8) is 0 Å². The number of thiophene rings is 1. The highest BCUT2D eigenvalue weighted by Gasteiger charge is 2.14. The lowest BCUT2D eigenvalue weighted by Gasteiger charge is -2.20. The van der Waals surface area contributed by atoms with Crippen LogP contribution in [0, 0.1) is 0 Å². The van der Waals surface area contributed by atoms with Crippen LogP contribution in [0.5, 0.6) is 0 Å².